The second-order valence-electron chi connectivity index (χ2n) is 5.63. The van der Waals surface area contributed by atoms with Gasteiger partial charge in [-0.2, -0.15) is 18.3 Å². The molecule has 2 heterocycles. The molecule has 1 fully saturated rings. The molecule has 1 aromatic heterocycles. The fourth-order valence-electron chi connectivity index (χ4n) is 2.57. The average Bonchev–Trinajstić information content (AvgIpc) is 3.10. The molecule has 0 spiro atoms. The Kier molecular flexibility index (Phi) is 5.09. The summed E-state index contributed by atoms with van der Waals surface area (Å²) in [5, 5.41) is 17.5. The maximum atomic E-state index is 12.9. The maximum absolute atomic E-state index is 12.9. The molecule has 1 amide bonds. The number of hydrogen-bond acceptors (Lipinski definition) is 5. The third kappa shape index (κ3) is 4.48. The van der Waals surface area contributed by atoms with Gasteiger partial charge < -0.3 is 10.0 Å². The van der Waals surface area contributed by atoms with Gasteiger partial charge in [0, 0.05) is 32.3 Å². The van der Waals surface area contributed by atoms with E-state index >= 15 is 0 Å². The third-order valence-corrected chi connectivity index (χ3v) is 4.77. The molecule has 1 aliphatic rings. The van der Waals surface area contributed by atoms with E-state index in [4.69, 9.17) is 10.2 Å². The molecular formula is C12H15F3N4O5S. The van der Waals surface area contributed by atoms with Crippen LogP contribution in [-0.4, -0.2) is 59.3 Å². The molecule has 1 saturated heterocycles. The van der Waals surface area contributed by atoms with E-state index in [1.54, 1.807) is 0 Å². The van der Waals surface area contributed by atoms with E-state index in [2.05, 4.69) is 5.10 Å². The Bertz CT molecular complexity index is 776. The number of primary sulfonamides is 1. The second-order valence-corrected chi connectivity index (χ2v) is 7.19. The summed E-state index contributed by atoms with van der Waals surface area (Å²) in [6.07, 6.45) is -2.91. The van der Waals surface area contributed by atoms with Crippen molar-refractivity contribution in [1.82, 2.24) is 14.7 Å². The number of rotatable bonds is 5. The summed E-state index contributed by atoms with van der Waals surface area (Å²) >= 11 is 0. The van der Waals surface area contributed by atoms with E-state index in [9.17, 15) is 31.2 Å². The number of aliphatic carboxylic acids is 1. The van der Waals surface area contributed by atoms with E-state index < -0.39 is 53.0 Å². The van der Waals surface area contributed by atoms with Crippen LogP contribution in [0.15, 0.2) is 17.3 Å². The van der Waals surface area contributed by atoms with Gasteiger partial charge in [-0.3, -0.25) is 14.3 Å². The van der Waals surface area contributed by atoms with Crippen molar-refractivity contribution in [2.45, 2.75) is 24.0 Å². The number of nitrogens with two attached hydrogens (primary N) is 1. The van der Waals surface area contributed by atoms with Crippen molar-refractivity contribution in [1.29, 1.82) is 0 Å². The lowest BCUT2D eigenvalue weighted by Crippen LogP contribution is -2.34. The zero-order valence-electron chi connectivity index (χ0n) is 12.7. The van der Waals surface area contributed by atoms with Crippen LogP contribution in [0.4, 0.5) is 13.2 Å². The summed E-state index contributed by atoms with van der Waals surface area (Å²) in [7, 11) is -3.95. The van der Waals surface area contributed by atoms with Gasteiger partial charge in [-0.15, -0.1) is 0 Å². The number of amides is 1. The Morgan fingerprint density at radius 2 is 2.00 bits per heavy atom. The molecule has 1 aromatic rings. The fraction of sp³-hybridized carbons (Fsp3) is 0.583. The van der Waals surface area contributed by atoms with Gasteiger partial charge in [-0.05, 0) is 0 Å². The lowest BCUT2D eigenvalue weighted by Gasteiger charge is -2.18. The molecular weight excluding hydrogens is 369 g/mol. The molecule has 0 unspecified atom stereocenters. The van der Waals surface area contributed by atoms with Crippen LogP contribution in [-0.2, 0) is 26.2 Å². The molecule has 140 valence electrons. The molecule has 0 saturated carbocycles. The van der Waals surface area contributed by atoms with Crippen molar-refractivity contribution >= 4 is 21.9 Å². The lowest BCUT2D eigenvalue weighted by atomic mass is 9.96. The number of carboxylic acids is 1. The van der Waals surface area contributed by atoms with E-state index in [1.165, 1.54) is 0 Å². The van der Waals surface area contributed by atoms with Crippen LogP contribution >= 0.6 is 0 Å². The Morgan fingerprint density at radius 3 is 2.44 bits per heavy atom. The Hall–Kier alpha value is -2.15. The molecule has 0 aromatic carbocycles. The van der Waals surface area contributed by atoms with Gasteiger partial charge in [-0.1, -0.05) is 0 Å². The van der Waals surface area contributed by atoms with Gasteiger partial charge in [0.25, 0.3) is 0 Å². The summed E-state index contributed by atoms with van der Waals surface area (Å²) in [5.74, 6) is -6.11. The maximum Gasteiger partial charge on any atom is 0.394 e. The smallest absolute Gasteiger partial charge is 0.394 e. The first-order valence-corrected chi connectivity index (χ1v) is 8.57. The predicted octanol–water partition coefficient (Wildman–Crippen LogP) is -0.358. The number of carbonyl (C=O) groups is 2. The van der Waals surface area contributed by atoms with Crippen LogP contribution in [0.1, 0.15) is 6.42 Å². The van der Waals surface area contributed by atoms with Crippen molar-refractivity contribution in [3.8, 4) is 0 Å². The molecule has 2 rings (SSSR count). The van der Waals surface area contributed by atoms with Gasteiger partial charge in [0.1, 0.15) is 4.90 Å². The summed E-state index contributed by atoms with van der Waals surface area (Å²) in [4.78, 5) is 23.6. The van der Waals surface area contributed by atoms with Crippen LogP contribution in [0.3, 0.4) is 0 Å². The Balaban J connectivity index is 1.99. The van der Waals surface area contributed by atoms with Crippen LogP contribution in [0.25, 0.3) is 0 Å². The normalized spacial score (nSPS) is 21.5. The van der Waals surface area contributed by atoms with Gasteiger partial charge in [-0.25, -0.2) is 13.6 Å². The van der Waals surface area contributed by atoms with E-state index in [1.807, 2.05) is 0 Å². The van der Waals surface area contributed by atoms with Gasteiger partial charge in [0.15, 0.2) is 0 Å². The van der Waals surface area contributed by atoms with Crippen molar-refractivity contribution in [2.75, 3.05) is 13.1 Å². The molecule has 9 nitrogen and oxygen atoms in total. The van der Waals surface area contributed by atoms with E-state index in [0.717, 1.165) is 22.0 Å². The molecule has 0 radical (unpaired) electrons. The summed E-state index contributed by atoms with van der Waals surface area (Å²) < 4.78 is 62.0. The number of aryl methyl sites for hydroxylation is 1. The summed E-state index contributed by atoms with van der Waals surface area (Å²) in [5.41, 5.74) is 0. The summed E-state index contributed by atoms with van der Waals surface area (Å²) in [6.45, 7) is -1.33. The van der Waals surface area contributed by atoms with Crippen molar-refractivity contribution in [2.24, 2.45) is 17.0 Å². The number of aromatic nitrogens is 2. The molecule has 2 atom stereocenters. The van der Waals surface area contributed by atoms with Crippen LogP contribution in [0, 0.1) is 11.8 Å². The molecule has 0 bridgehead atoms. The highest BCUT2D eigenvalue weighted by Gasteiger charge is 2.53. The van der Waals surface area contributed by atoms with Crippen LogP contribution in [0.5, 0.6) is 0 Å². The molecule has 25 heavy (non-hydrogen) atoms. The second kappa shape index (κ2) is 6.63. The minimum Gasteiger partial charge on any atom is -0.481 e. The fourth-order valence-corrected chi connectivity index (χ4v) is 3.03. The first-order valence-electron chi connectivity index (χ1n) is 7.02. The highest BCUT2D eigenvalue weighted by Crippen LogP contribution is 2.37. The summed E-state index contributed by atoms with van der Waals surface area (Å²) in [6, 6.07) is 0. The number of carbonyl (C=O) groups excluding carboxylic acids is 1. The van der Waals surface area contributed by atoms with Gasteiger partial charge >= 0.3 is 12.1 Å². The van der Waals surface area contributed by atoms with Gasteiger partial charge in [0.05, 0.1) is 18.0 Å². The molecule has 0 aliphatic carbocycles. The monoisotopic (exact) mass is 384 g/mol. The number of alkyl halides is 3. The zero-order valence-corrected chi connectivity index (χ0v) is 13.5. The predicted molar refractivity (Wildman–Crippen MR) is 75.5 cm³/mol. The lowest BCUT2D eigenvalue weighted by molar-refractivity contribution is -0.188. The van der Waals surface area contributed by atoms with Crippen LogP contribution < -0.4 is 5.14 Å². The van der Waals surface area contributed by atoms with E-state index in [0.29, 0.717) is 0 Å². The number of halogens is 3. The Labute approximate surface area is 140 Å². The topological polar surface area (TPSA) is 136 Å². The standard InChI is InChI=1S/C12H15F3N4O5S/c13-12(14,15)9-6-18(5-8(9)11(21)22)10(20)1-2-19-4-7(3-17-19)25(16,23)24/h3-4,8-9H,1-2,5-6H2,(H,21,22)(H2,16,23,24)/t8-,9-/m1/s1. The third-order valence-electron chi connectivity index (χ3n) is 3.90. The number of sulfonamides is 1. The van der Waals surface area contributed by atoms with Crippen LogP contribution in [0.2, 0.25) is 0 Å². The molecule has 13 heteroatoms. The first-order chi connectivity index (χ1) is 11.4. The molecule has 3 N–H and O–H groups in total. The largest absolute Gasteiger partial charge is 0.481 e. The number of nitrogens with zero attached hydrogens (tertiary/aromatic N) is 3. The van der Waals surface area contributed by atoms with Crippen molar-refractivity contribution in [3.05, 3.63) is 12.4 Å². The SMILES string of the molecule is NS(=O)(=O)c1cnn(CCC(=O)N2C[C@@H](C(F)(F)F)[C@H](C(=O)O)C2)c1. The quantitative estimate of drug-likeness (QED) is 0.712. The number of hydrogen-bond donors (Lipinski definition) is 2. The van der Waals surface area contributed by atoms with E-state index in [-0.39, 0.29) is 17.9 Å². The van der Waals surface area contributed by atoms with Crippen molar-refractivity contribution < 1.29 is 36.3 Å². The van der Waals surface area contributed by atoms with Gasteiger partial charge in [0.2, 0.25) is 15.9 Å². The zero-order chi connectivity index (χ0) is 19.0. The number of carboxylic acid groups (broad SMARTS) is 1. The minimum atomic E-state index is -4.72. The van der Waals surface area contributed by atoms with Crippen molar-refractivity contribution in [3.63, 3.8) is 0 Å². The molecule has 1 aliphatic heterocycles. The minimum absolute atomic E-state index is 0.0841. The first kappa shape index (κ1) is 19.2. The highest BCUT2D eigenvalue weighted by atomic mass is 32.2. The highest BCUT2D eigenvalue weighted by molar-refractivity contribution is 7.89. The average molecular weight is 384 g/mol. The Morgan fingerprint density at radius 1 is 1.36 bits per heavy atom. The number of likely N-dealkylation sites (tertiary alicyclic amines) is 1.